The Morgan fingerprint density at radius 2 is 1.68 bits per heavy atom. The Morgan fingerprint density at radius 3 is 2.43 bits per heavy atom. The van der Waals surface area contributed by atoms with Crippen molar-refractivity contribution in [1.82, 2.24) is 0 Å². The number of ketones is 1. The van der Waals surface area contributed by atoms with Gasteiger partial charge in [0.15, 0.2) is 35.4 Å². The summed E-state index contributed by atoms with van der Waals surface area (Å²) < 4.78 is 26.9. The molecule has 0 aromatic heterocycles. The Labute approximate surface area is 163 Å². The van der Waals surface area contributed by atoms with Gasteiger partial charge in [0.25, 0.3) is 0 Å². The Hall–Kier alpha value is -3.22. The highest BCUT2D eigenvalue weighted by atomic mass is 16.6. The highest BCUT2D eigenvalue weighted by Gasteiger charge is 2.16. The molecule has 0 bridgehead atoms. The molecule has 0 fully saturated rings. The number of hydrogen-bond acceptors (Lipinski definition) is 7. The summed E-state index contributed by atoms with van der Waals surface area (Å²) in [5.74, 6) is 1.47. The summed E-state index contributed by atoms with van der Waals surface area (Å²) in [7, 11) is 0. The third kappa shape index (κ3) is 5.16. The van der Waals surface area contributed by atoms with Gasteiger partial charge in [0, 0.05) is 5.56 Å². The number of carbonyl (C=O) groups excluding carboxylic acids is 2. The van der Waals surface area contributed by atoms with Gasteiger partial charge in [-0.3, -0.25) is 9.59 Å². The van der Waals surface area contributed by atoms with Crippen LogP contribution < -0.4 is 18.9 Å². The SMILES string of the molecule is CCOc1ccccc1OCCC(=O)OCC(=O)c1ccc2c(c1)OCCO2. The van der Waals surface area contributed by atoms with E-state index >= 15 is 0 Å². The quantitative estimate of drug-likeness (QED) is 0.484. The van der Waals surface area contributed by atoms with Crippen LogP contribution in [0.2, 0.25) is 0 Å². The van der Waals surface area contributed by atoms with Crippen molar-refractivity contribution in [3.05, 3.63) is 48.0 Å². The fourth-order valence-corrected chi connectivity index (χ4v) is 2.61. The van der Waals surface area contributed by atoms with Gasteiger partial charge >= 0.3 is 5.97 Å². The highest BCUT2D eigenvalue weighted by Crippen LogP contribution is 2.31. The van der Waals surface area contributed by atoms with Crippen molar-refractivity contribution in [3.8, 4) is 23.0 Å². The number of ether oxygens (including phenoxy) is 5. The molecule has 28 heavy (non-hydrogen) atoms. The molecule has 3 rings (SSSR count). The minimum absolute atomic E-state index is 0.0227. The van der Waals surface area contributed by atoms with Crippen LogP contribution in [0.4, 0.5) is 0 Å². The van der Waals surface area contributed by atoms with Crippen LogP contribution in [0, 0.1) is 0 Å². The van der Waals surface area contributed by atoms with Crippen molar-refractivity contribution in [2.24, 2.45) is 0 Å². The van der Waals surface area contributed by atoms with Crippen molar-refractivity contribution in [3.63, 3.8) is 0 Å². The predicted molar refractivity (Wildman–Crippen MR) is 100 cm³/mol. The lowest BCUT2D eigenvalue weighted by molar-refractivity contribution is -0.143. The van der Waals surface area contributed by atoms with Gasteiger partial charge in [-0.05, 0) is 37.3 Å². The third-order valence-electron chi connectivity index (χ3n) is 3.94. The number of rotatable bonds is 9. The summed E-state index contributed by atoms with van der Waals surface area (Å²) in [6.07, 6.45) is 0.0227. The van der Waals surface area contributed by atoms with E-state index in [0.717, 1.165) is 0 Å². The maximum absolute atomic E-state index is 12.2. The summed E-state index contributed by atoms with van der Waals surface area (Å²) in [5.41, 5.74) is 0.402. The number of para-hydroxylation sites is 2. The average molecular weight is 386 g/mol. The number of Topliss-reactive ketones (excluding diaryl/α,β-unsaturated/α-hetero) is 1. The van der Waals surface area contributed by atoms with Crippen LogP contribution >= 0.6 is 0 Å². The zero-order chi connectivity index (χ0) is 19.8. The Balaban J connectivity index is 1.44. The van der Waals surface area contributed by atoms with E-state index in [-0.39, 0.29) is 25.4 Å². The van der Waals surface area contributed by atoms with Crippen molar-refractivity contribution >= 4 is 11.8 Å². The Bertz CT molecular complexity index is 831. The summed E-state index contributed by atoms with van der Waals surface area (Å²) in [6.45, 7) is 3.10. The van der Waals surface area contributed by atoms with Gasteiger partial charge < -0.3 is 23.7 Å². The van der Waals surface area contributed by atoms with Crippen LogP contribution in [0.25, 0.3) is 0 Å². The lowest BCUT2D eigenvalue weighted by Gasteiger charge is -2.18. The molecule has 0 amide bonds. The number of carbonyl (C=O) groups is 2. The highest BCUT2D eigenvalue weighted by molar-refractivity contribution is 5.98. The first-order valence-electron chi connectivity index (χ1n) is 9.10. The summed E-state index contributed by atoms with van der Waals surface area (Å²) >= 11 is 0. The predicted octanol–water partition coefficient (Wildman–Crippen LogP) is 3.05. The molecule has 2 aromatic carbocycles. The molecule has 1 heterocycles. The van der Waals surface area contributed by atoms with E-state index in [4.69, 9.17) is 23.7 Å². The van der Waals surface area contributed by atoms with Gasteiger partial charge in [-0.25, -0.2) is 0 Å². The molecule has 148 valence electrons. The number of esters is 1. The molecule has 0 spiro atoms. The van der Waals surface area contributed by atoms with E-state index in [9.17, 15) is 9.59 Å². The fourth-order valence-electron chi connectivity index (χ4n) is 2.61. The van der Waals surface area contributed by atoms with E-state index in [1.54, 1.807) is 30.3 Å². The Morgan fingerprint density at radius 1 is 0.964 bits per heavy atom. The molecule has 1 aliphatic rings. The average Bonchev–Trinajstić information content (AvgIpc) is 2.73. The van der Waals surface area contributed by atoms with E-state index in [1.807, 2.05) is 19.1 Å². The van der Waals surface area contributed by atoms with E-state index in [1.165, 1.54) is 0 Å². The van der Waals surface area contributed by atoms with Crippen LogP contribution in [0.1, 0.15) is 23.7 Å². The minimum atomic E-state index is -0.514. The molecular weight excluding hydrogens is 364 g/mol. The van der Waals surface area contributed by atoms with Crippen molar-refractivity contribution in [2.45, 2.75) is 13.3 Å². The van der Waals surface area contributed by atoms with Gasteiger partial charge in [0.05, 0.1) is 19.6 Å². The van der Waals surface area contributed by atoms with Gasteiger partial charge in [-0.2, -0.15) is 0 Å². The molecule has 0 unspecified atom stereocenters. The molecule has 0 N–H and O–H groups in total. The van der Waals surface area contributed by atoms with Gasteiger partial charge in [-0.1, -0.05) is 12.1 Å². The standard InChI is InChI=1S/C21H22O7/c1-2-24-17-5-3-4-6-18(17)25-10-9-21(23)28-14-16(22)15-7-8-19-20(13-15)27-12-11-26-19/h3-8,13H,2,9-12,14H2,1H3. The zero-order valence-corrected chi connectivity index (χ0v) is 15.6. The molecule has 7 heteroatoms. The van der Waals surface area contributed by atoms with Crippen LogP contribution in [-0.4, -0.2) is 44.8 Å². The lowest BCUT2D eigenvalue weighted by Crippen LogP contribution is -2.18. The first-order chi connectivity index (χ1) is 13.7. The van der Waals surface area contributed by atoms with Gasteiger partial charge in [0.1, 0.15) is 13.2 Å². The molecular formula is C21H22O7. The molecule has 2 aromatic rings. The van der Waals surface area contributed by atoms with E-state index < -0.39 is 5.97 Å². The number of fused-ring (bicyclic) bond motifs is 1. The normalized spacial score (nSPS) is 12.2. The zero-order valence-electron chi connectivity index (χ0n) is 15.6. The second-order valence-electron chi connectivity index (χ2n) is 5.92. The van der Waals surface area contributed by atoms with Crippen LogP contribution in [-0.2, 0) is 9.53 Å². The number of hydrogen-bond donors (Lipinski definition) is 0. The van der Waals surface area contributed by atoms with Crippen LogP contribution in [0.5, 0.6) is 23.0 Å². The molecule has 0 radical (unpaired) electrons. The second-order valence-corrected chi connectivity index (χ2v) is 5.92. The molecule has 0 aliphatic carbocycles. The van der Waals surface area contributed by atoms with Crippen LogP contribution in [0.3, 0.4) is 0 Å². The summed E-state index contributed by atoms with van der Waals surface area (Å²) in [6, 6.07) is 12.1. The van der Waals surface area contributed by atoms with Crippen LogP contribution in [0.15, 0.2) is 42.5 Å². The van der Waals surface area contributed by atoms with Crippen molar-refractivity contribution in [2.75, 3.05) is 33.0 Å². The second kappa shape index (κ2) is 9.64. The fraction of sp³-hybridized carbons (Fsp3) is 0.333. The topological polar surface area (TPSA) is 80.3 Å². The smallest absolute Gasteiger partial charge is 0.309 e. The van der Waals surface area contributed by atoms with E-state index in [2.05, 4.69) is 0 Å². The molecule has 0 atom stereocenters. The monoisotopic (exact) mass is 386 g/mol. The molecule has 7 nitrogen and oxygen atoms in total. The number of benzene rings is 2. The van der Waals surface area contributed by atoms with Gasteiger partial charge in [-0.15, -0.1) is 0 Å². The summed E-state index contributed by atoms with van der Waals surface area (Å²) in [4.78, 5) is 24.1. The summed E-state index contributed by atoms with van der Waals surface area (Å²) in [5, 5.41) is 0. The first kappa shape index (κ1) is 19.5. The Kier molecular flexibility index (Phi) is 6.73. The maximum Gasteiger partial charge on any atom is 0.309 e. The lowest BCUT2D eigenvalue weighted by atomic mass is 10.1. The van der Waals surface area contributed by atoms with Crippen molar-refractivity contribution < 1.29 is 33.3 Å². The van der Waals surface area contributed by atoms with Crippen molar-refractivity contribution in [1.29, 1.82) is 0 Å². The first-order valence-corrected chi connectivity index (χ1v) is 9.10. The molecule has 0 saturated heterocycles. The molecule has 0 saturated carbocycles. The third-order valence-corrected chi connectivity index (χ3v) is 3.94. The maximum atomic E-state index is 12.2. The largest absolute Gasteiger partial charge is 0.490 e. The molecule has 1 aliphatic heterocycles. The van der Waals surface area contributed by atoms with E-state index in [0.29, 0.717) is 48.4 Å². The minimum Gasteiger partial charge on any atom is -0.490 e. The van der Waals surface area contributed by atoms with Gasteiger partial charge in [0.2, 0.25) is 0 Å².